The van der Waals surface area contributed by atoms with Crippen LogP contribution in [0.3, 0.4) is 0 Å². The van der Waals surface area contributed by atoms with E-state index in [9.17, 15) is 9.59 Å². The molecule has 0 atom stereocenters. The molecule has 2 N–H and O–H groups in total. The summed E-state index contributed by atoms with van der Waals surface area (Å²) in [5, 5.41) is 4.18. The zero-order valence-corrected chi connectivity index (χ0v) is 14.6. The molecule has 2 amide bonds. The van der Waals surface area contributed by atoms with Crippen LogP contribution in [0.2, 0.25) is 0 Å². The molecule has 0 bridgehead atoms. The van der Waals surface area contributed by atoms with Gasteiger partial charge in [0.1, 0.15) is 12.3 Å². The van der Waals surface area contributed by atoms with Gasteiger partial charge in [-0.05, 0) is 29.3 Å². The summed E-state index contributed by atoms with van der Waals surface area (Å²) in [4.78, 5) is 24.3. The molecule has 2 aromatic rings. The zero-order chi connectivity index (χ0) is 18.4. The number of rotatable bonds is 6. The second kappa shape index (κ2) is 8.20. The van der Waals surface area contributed by atoms with Gasteiger partial charge >= 0.3 is 0 Å². The van der Waals surface area contributed by atoms with Crippen LogP contribution in [0.5, 0.6) is 5.75 Å². The maximum Gasteiger partial charge on any atom is 0.245 e. The van der Waals surface area contributed by atoms with E-state index in [1.165, 1.54) is 5.01 Å². The van der Waals surface area contributed by atoms with Gasteiger partial charge < -0.3 is 10.1 Å². The summed E-state index contributed by atoms with van der Waals surface area (Å²) < 4.78 is 5.17. The lowest BCUT2D eigenvalue weighted by molar-refractivity contribution is -0.137. The van der Waals surface area contributed by atoms with Crippen LogP contribution >= 0.6 is 0 Å². The molecule has 1 aliphatic rings. The molecule has 26 heavy (non-hydrogen) atoms. The summed E-state index contributed by atoms with van der Waals surface area (Å²) >= 11 is 0. The Morgan fingerprint density at radius 2 is 2.00 bits per heavy atom. The zero-order valence-electron chi connectivity index (χ0n) is 14.6. The Balaban J connectivity index is 1.56. The van der Waals surface area contributed by atoms with Gasteiger partial charge in [-0.1, -0.05) is 42.5 Å². The molecule has 0 radical (unpaired) electrons. The summed E-state index contributed by atoms with van der Waals surface area (Å²) in [6, 6.07) is 17.2. The summed E-state index contributed by atoms with van der Waals surface area (Å²) in [5.41, 5.74) is 5.76. The van der Waals surface area contributed by atoms with Gasteiger partial charge in [-0.3, -0.25) is 15.0 Å². The lowest BCUT2D eigenvalue weighted by atomic mass is 10.1. The lowest BCUT2D eigenvalue weighted by Gasteiger charge is -2.28. The van der Waals surface area contributed by atoms with Crippen LogP contribution in [0.15, 0.2) is 60.7 Å². The second-order valence-corrected chi connectivity index (χ2v) is 5.91. The molecular weight excluding hydrogens is 330 g/mol. The Morgan fingerprint density at radius 1 is 1.19 bits per heavy atom. The van der Waals surface area contributed by atoms with Crippen LogP contribution in [-0.4, -0.2) is 30.5 Å². The van der Waals surface area contributed by atoms with Gasteiger partial charge in [0.2, 0.25) is 11.8 Å². The first-order valence-corrected chi connectivity index (χ1v) is 8.38. The van der Waals surface area contributed by atoms with Crippen molar-refractivity contribution in [3.8, 4) is 5.75 Å². The van der Waals surface area contributed by atoms with Gasteiger partial charge in [0, 0.05) is 13.0 Å². The van der Waals surface area contributed by atoms with Crippen LogP contribution in [0.25, 0.3) is 5.70 Å². The van der Waals surface area contributed by atoms with Gasteiger partial charge in [0.25, 0.3) is 0 Å². The number of benzene rings is 2. The molecule has 0 spiro atoms. The predicted octanol–water partition coefficient (Wildman–Crippen LogP) is 2.09. The van der Waals surface area contributed by atoms with E-state index < -0.39 is 0 Å². The van der Waals surface area contributed by atoms with E-state index in [-0.39, 0.29) is 24.8 Å². The fraction of sp³-hybridized carbons (Fsp3) is 0.200. The molecule has 2 aromatic carbocycles. The molecule has 0 saturated carbocycles. The summed E-state index contributed by atoms with van der Waals surface area (Å²) in [7, 11) is 1.60. The number of ether oxygens (including phenoxy) is 1. The Bertz CT molecular complexity index is 818. The van der Waals surface area contributed by atoms with Crippen molar-refractivity contribution >= 4 is 17.5 Å². The highest BCUT2D eigenvalue weighted by Crippen LogP contribution is 2.17. The minimum absolute atomic E-state index is 0.0486. The highest BCUT2D eigenvalue weighted by Gasteiger charge is 2.21. The van der Waals surface area contributed by atoms with Crippen LogP contribution in [0.4, 0.5) is 0 Å². The molecule has 1 aliphatic heterocycles. The molecule has 0 aliphatic carbocycles. The summed E-state index contributed by atoms with van der Waals surface area (Å²) in [6.07, 6.45) is 2.10. The third-order valence-corrected chi connectivity index (χ3v) is 4.05. The average molecular weight is 351 g/mol. The summed E-state index contributed by atoms with van der Waals surface area (Å²) in [5.74, 6) is 0.367. The third-order valence-electron chi connectivity index (χ3n) is 4.05. The summed E-state index contributed by atoms with van der Waals surface area (Å²) in [6.45, 7) is 0.326. The Kier molecular flexibility index (Phi) is 5.53. The first-order chi connectivity index (χ1) is 12.7. The van der Waals surface area contributed by atoms with Crippen molar-refractivity contribution < 1.29 is 14.3 Å². The SMILES string of the molecule is COc1cccc(CNC(=O)CN2NC(c3ccccc3)=CCC2=O)c1. The van der Waals surface area contributed by atoms with Crippen molar-refractivity contribution in [2.24, 2.45) is 0 Å². The van der Waals surface area contributed by atoms with Crippen molar-refractivity contribution in [2.45, 2.75) is 13.0 Å². The van der Waals surface area contributed by atoms with Crippen molar-refractivity contribution in [2.75, 3.05) is 13.7 Å². The first-order valence-electron chi connectivity index (χ1n) is 8.38. The van der Waals surface area contributed by atoms with Crippen LogP contribution in [-0.2, 0) is 16.1 Å². The normalized spacial score (nSPS) is 13.7. The Hall–Kier alpha value is -3.28. The Morgan fingerprint density at radius 3 is 2.77 bits per heavy atom. The van der Waals surface area contributed by atoms with Crippen LogP contribution < -0.4 is 15.5 Å². The van der Waals surface area contributed by atoms with Crippen LogP contribution in [0, 0.1) is 0 Å². The van der Waals surface area contributed by atoms with Crippen LogP contribution in [0.1, 0.15) is 17.5 Å². The number of hydrogen-bond donors (Lipinski definition) is 2. The number of hydrazine groups is 1. The monoisotopic (exact) mass is 351 g/mol. The molecule has 0 unspecified atom stereocenters. The fourth-order valence-electron chi connectivity index (χ4n) is 2.66. The van der Waals surface area contributed by atoms with E-state index in [0.29, 0.717) is 6.54 Å². The minimum atomic E-state index is -0.233. The van der Waals surface area contributed by atoms with Crippen molar-refractivity contribution in [3.05, 3.63) is 71.8 Å². The number of carbonyl (C=O) groups is 2. The van der Waals surface area contributed by atoms with E-state index in [0.717, 1.165) is 22.6 Å². The molecule has 0 aromatic heterocycles. The molecule has 6 nitrogen and oxygen atoms in total. The second-order valence-electron chi connectivity index (χ2n) is 5.91. The fourth-order valence-corrected chi connectivity index (χ4v) is 2.66. The molecule has 0 fully saturated rings. The maximum atomic E-state index is 12.2. The van der Waals surface area contributed by atoms with Gasteiger partial charge in [-0.25, -0.2) is 5.01 Å². The molecule has 3 rings (SSSR count). The topological polar surface area (TPSA) is 70.7 Å². The smallest absolute Gasteiger partial charge is 0.245 e. The minimum Gasteiger partial charge on any atom is -0.497 e. The number of methoxy groups -OCH3 is 1. The number of amides is 2. The molecular formula is C20H21N3O3. The standard InChI is InChI=1S/C20H21N3O3/c1-26-17-9-5-6-15(12-17)13-21-19(24)14-23-20(25)11-10-18(22-23)16-7-3-2-4-8-16/h2-10,12,22H,11,13-14H2,1H3,(H,21,24). The number of carbonyl (C=O) groups excluding carboxylic acids is 2. The van der Waals surface area contributed by atoms with Gasteiger partial charge in [-0.15, -0.1) is 0 Å². The molecule has 134 valence electrons. The quantitative estimate of drug-likeness (QED) is 0.836. The molecule has 6 heteroatoms. The highest BCUT2D eigenvalue weighted by atomic mass is 16.5. The van der Waals surface area contributed by atoms with Gasteiger partial charge in [-0.2, -0.15) is 0 Å². The van der Waals surface area contributed by atoms with Crippen molar-refractivity contribution in [1.29, 1.82) is 0 Å². The highest BCUT2D eigenvalue weighted by molar-refractivity contribution is 5.88. The molecule has 1 heterocycles. The van der Waals surface area contributed by atoms with E-state index >= 15 is 0 Å². The first kappa shape index (κ1) is 17.5. The number of hydrogen-bond acceptors (Lipinski definition) is 4. The van der Waals surface area contributed by atoms with E-state index in [2.05, 4.69) is 10.7 Å². The third kappa shape index (κ3) is 4.42. The largest absolute Gasteiger partial charge is 0.497 e. The molecule has 0 saturated heterocycles. The van der Waals surface area contributed by atoms with Crippen molar-refractivity contribution in [3.63, 3.8) is 0 Å². The van der Waals surface area contributed by atoms with Gasteiger partial charge in [0.05, 0.1) is 12.8 Å². The Labute approximate surface area is 152 Å². The van der Waals surface area contributed by atoms with E-state index in [1.807, 2.05) is 60.7 Å². The van der Waals surface area contributed by atoms with Crippen molar-refractivity contribution in [1.82, 2.24) is 15.8 Å². The average Bonchev–Trinajstić information content (AvgIpc) is 2.69. The number of nitrogens with one attached hydrogen (secondary N) is 2. The van der Waals surface area contributed by atoms with E-state index in [4.69, 9.17) is 4.74 Å². The maximum absolute atomic E-state index is 12.2. The van der Waals surface area contributed by atoms with E-state index in [1.54, 1.807) is 7.11 Å². The van der Waals surface area contributed by atoms with Gasteiger partial charge in [0.15, 0.2) is 0 Å². The lowest BCUT2D eigenvalue weighted by Crippen LogP contribution is -2.49. The number of nitrogens with zero attached hydrogens (tertiary/aromatic N) is 1. The predicted molar refractivity (Wildman–Crippen MR) is 98.7 cm³/mol.